The van der Waals surface area contributed by atoms with Crippen LogP contribution >= 0.6 is 11.3 Å². The Kier molecular flexibility index (Phi) is 3.44. The summed E-state index contributed by atoms with van der Waals surface area (Å²) in [7, 11) is 0. The first-order valence-corrected chi connectivity index (χ1v) is 6.26. The number of piperidine rings is 1. The molecule has 1 saturated heterocycles. The molecule has 1 aliphatic heterocycles. The van der Waals surface area contributed by atoms with Gasteiger partial charge in [0.1, 0.15) is 6.04 Å². The summed E-state index contributed by atoms with van der Waals surface area (Å²) in [5.41, 5.74) is 0. The van der Waals surface area contributed by atoms with E-state index in [4.69, 9.17) is 0 Å². The van der Waals surface area contributed by atoms with Crippen molar-refractivity contribution in [3.63, 3.8) is 0 Å². The summed E-state index contributed by atoms with van der Waals surface area (Å²) in [6.45, 7) is 2.28. The number of hydrogen-bond acceptors (Lipinski definition) is 3. The average Bonchev–Trinajstić information content (AvgIpc) is 2.68. The number of aryl methyl sites for hydroxylation is 1. The molecule has 0 aliphatic carbocycles. The Hall–Kier alpha value is -1.01. The second kappa shape index (κ2) is 4.70. The van der Waals surface area contributed by atoms with Crippen molar-refractivity contribution in [1.82, 2.24) is 10.6 Å². The van der Waals surface area contributed by atoms with Crippen LogP contribution in [-0.4, -0.2) is 31.0 Å². The fourth-order valence-electron chi connectivity index (χ4n) is 1.77. The molecule has 1 aromatic heterocycles. The highest BCUT2D eigenvalue weighted by atomic mass is 32.1. The zero-order valence-corrected chi connectivity index (χ0v) is 10.2. The number of thiophene rings is 1. The zero-order chi connectivity index (χ0) is 12.5. The van der Waals surface area contributed by atoms with E-state index in [1.54, 1.807) is 12.1 Å². The maximum Gasteiger partial charge on any atom is 0.270 e. The van der Waals surface area contributed by atoms with Gasteiger partial charge in [-0.15, -0.1) is 11.3 Å². The summed E-state index contributed by atoms with van der Waals surface area (Å²) in [4.78, 5) is 13.2. The molecule has 94 valence electrons. The Morgan fingerprint density at radius 1 is 1.59 bits per heavy atom. The number of rotatable bonds is 2. The first-order valence-electron chi connectivity index (χ1n) is 5.45. The molecule has 2 rings (SSSR count). The van der Waals surface area contributed by atoms with Gasteiger partial charge in [-0.1, -0.05) is 0 Å². The summed E-state index contributed by atoms with van der Waals surface area (Å²) < 4.78 is 27.0. The Morgan fingerprint density at radius 2 is 2.35 bits per heavy atom. The van der Waals surface area contributed by atoms with Crippen LogP contribution in [0.2, 0.25) is 0 Å². The van der Waals surface area contributed by atoms with Crippen LogP contribution < -0.4 is 10.6 Å². The van der Waals surface area contributed by atoms with E-state index in [1.807, 2.05) is 6.92 Å². The second-order valence-corrected chi connectivity index (χ2v) is 5.44. The van der Waals surface area contributed by atoms with Crippen LogP contribution in [0.4, 0.5) is 8.78 Å². The van der Waals surface area contributed by atoms with Gasteiger partial charge in [-0.2, -0.15) is 0 Å². The van der Waals surface area contributed by atoms with Crippen molar-refractivity contribution in [2.24, 2.45) is 0 Å². The molecule has 1 unspecified atom stereocenters. The summed E-state index contributed by atoms with van der Waals surface area (Å²) in [5, 5.41) is 5.26. The van der Waals surface area contributed by atoms with Crippen LogP contribution in [0.3, 0.4) is 0 Å². The van der Waals surface area contributed by atoms with Gasteiger partial charge in [-0.25, -0.2) is 8.78 Å². The molecule has 0 radical (unpaired) electrons. The summed E-state index contributed by atoms with van der Waals surface area (Å²) >= 11 is 1.31. The van der Waals surface area contributed by atoms with Gasteiger partial charge in [0.05, 0.1) is 4.88 Å². The maximum atomic E-state index is 13.5. The quantitative estimate of drug-likeness (QED) is 0.851. The zero-order valence-electron chi connectivity index (χ0n) is 9.43. The number of hydrogen-bond donors (Lipinski definition) is 2. The van der Waals surface area contributed by atoms with Gasteiger partial charge in [-0.05, 0) is 19.1 Å². The maximum absolute atomic E-state index is 13.5. The number of nitrogens with one attached hydrogen (secondary N) is 2. The molecule has 1 fully saturated rings. The Bertz CT molecular complexity index is 419. The van der Waals surface area contributed by atoms with Gasteiger partial charge in [0.15, 0.2) is 0 Å². The third-order valence-electron chi connectivity index (χ3n) is 2.76. The summed E-state index contributed by atoms with van der Waals surface area (Å²) in [6, 6.07) is 2.34. The van der Waals surface area contributed by atoms with Crippen molar-refractivity contribution < 1.29 is 13.6 Å². The lowest BCUT2D eigenvalue weighted by molar-refractivity contribution is -0.0542. The van der Waals surface area contributed by atoms with Crippen LogP contribution in [0.5, 0.6) is 0 Å². The molecule has 1 aromatic rings. The molecule has 2 heterocycles. The molecule has 6 heteroatoms. The molecule has 2 N–H and O–H groups in total. The second-order valence-electron chi connectivity index (χ2n) is 4.15. The van der Waals surface area contributed by atoms with Crippen LogP contribution in [0.15, 0.2) is 12.1 Å². The van der Waals surface area contributed by atoms with E-state index >= 15 is 0 Å². The van der Waals surface area contributed by atoms with E-state index in [-0.39, 0.29) is 19.5 Å². The molecular weight excluding hydrogens is 246 g/mol. The molecule has 1 amide bonds. The van der Waals surface area contributed by atoms with Crippen LogP contribution in [0, 0.1) is 6.92 Å². The van der Waals surface area contributed by atoms with E-state index in [0.29, 0.717) is 4.88 Å². The Morgan fingerprint density at radius 3 is 2.94 bits per heavy atom. The van der Waals surface area contributed by atoms with E-state index in [9.17, 15) is 13.6 Å². The van der Waals surface area contributed by atoms with Gasteiger partial charge in [-0.3, -0.25) is 4.79 Å². The van der Waals surface area contributed by atoms with Gasteiger partial charge in [0.25, 0.3) is 11.8 Å². The van der Waals surface area contributed by atoms with Crippen molar-refractivity contribution >= 4 is 17.2 Å². The fraction of sp³-hybridized carbons (Fsp3) is 0.545. The lowest BCUT2D eigenvalue weighted by atomic mass is 10.0. The lowest BCUT2D eigenvalue weighted by Gasteiger charge is -2.32. The van der Waals surface area contributed by atoms with Crippen LogP contribution in [0.1, 0.15) is 21.0 Å². The molecule has 0 bridgehead atoms. The van der Waals surface area contributed by atoms with Crippen LogP contribution in [0.25, 0.3) is 0 Å². The van der Waals surface area contributed by atoms with Gasteiger partial charge in [0.2, 0.25) is 0 Å². The molecule has 3 nitrogen and oxygen atoms in total. The number of carbonyl (C=O) groups excluding carboxylic acids is 1. The van der Waals surface area contributed by atoms with Gasteiger partial charge in [0, 0.05) is 24.4 Å². The molecule has 17 heavy (non-hydrogen) atoms. The van der Waals surface area contributed by atoms with Gasteiger partial charge >= 0.3 is 0 Å². The van der Waals surface area contributed by atoms with E-state index in [1.165, 1.54) is 11.3 Å². The minimum atomic E-state index is -2.83. The van der Waals surface area contributed by atoms with Crippen molar-refractivity contribution in [1.29, 1.82) is 0 Å². The number of halogens is 2. The van der Waals surface area contributed by atoms with Crippen molar-refractivity contribution in [2.45, 2.75) is 25.3 Å². The molecular formula is C11H14F2N2OS. The normalized spacial score (nSPS) is 23.4. The number of amides is 1. The third-order valence-corrected chi connectivity index (χ3v) is 3.76. The van der Waals surface area contributed by atoms with Crippen LogP contribution in [-0.2, 0) is 0 Å². The molecule has 1 aliphatic rings. The Balaban J connectivity index is 2.03. The molecule has 0 spiro atoms. The predicted molar refractivity (Wildman–Crippen MR) is 62.7 cm³/mol. The van der Waals surface area contributed by atoms with E-state index in [2.05, 4.69) is 10.6 Å². The van der Waals surface area contributed by atoms with E-state index in [0.717, 1.165) is 4.88 Å². The first kappa shape index (κ1) is 12.4. The fourth-order valence-corrected chi connectivity index (χ4v) is 2.54. The predicted octanol–water partition coefficient (Wildman–Crippen LogP) is 1.78. The molecule has 0 aromatic carbocycles. The number of carbonyl (C=O) groups is 1. The third kappa shape index (κ3) is 2.81. The highest BCUT2D eigenvalue weighted by Gasteiger charge is 2.42. The topological polar surface area (TPSA) is 41.1 Å². The summed E-state index contributed by atoms with van der Waals surface area (Å²) in [6.07, 6.45) is -0.235. The Labute approximate surface area is 102 Å². The SMILES string of the molecule is Cc1ccc(C(=O)NC2CNCCC2(F)F)s1. The van der Waals surface area contributed by atoms with Gasteiger partial charge < -0.3 is 10.6 Å². The highest BCUT2D eigenvalue weighted by Crippen LogP contribution is 2.25. The first-order chi connectivity index (χ1) is 7.99. The summed E-state index contributed by atoms with van der Waals surface area (Å²) in [5.74, 6) is -3.25. The van der Waals surface area contributed by atoms with Crippen molar-refractivity contribution in [3.05, 3.63) is 21.9 Å². The number of alkyl halides is 2. The molecule has 1 atom stereocenters. The molecule has 0 saturated carbocycles. The van der Waals surface area contributed by atoms with E-state index < -0.39 is 17.9 Å². The average molecular weight is 260 g/mol. The standard InChI is InChI=1S/C11H14F2N2OS/c1-7-2-3-8(17-7)10(16)15-9-6-14-5-4-11(9,12)13/h2-3,9,14H,4-6H2,1H3,(H,15,16). The smallest absolute Gasteiger partial charge is 0.270 e. The highest BCUT2D eigenvalue weighted by molar-refractivity contribution is 7.13. The minimum Gasteiger partial charge on any atom is -0.341 e. The van der Waals surface area contributed by atoms with Crippen molar-refractivity contribution in [3.8, 4) is 0 Å². The van der Waals surface area contributed by atoms with Crippen molar-refractivity contribution in [2.75, 3.05) is 13.1 Å². The lowest BCUT2D eigenvalue weighted by Crippen LogP contribution is -2.57. The largest absolute Gasteiger partial charge is 0.341 e. The minimum absolute atomic E-state index is 0.114. The monoisotopic (exact) mass is 260 g/mol.